The average Bonchev–Trinajstić information content (AvgIpc) is 3.17. The van der Waals surface area contributed by atoms with E-state index in [1.54, 1.807) is 24.3 Å². The van der Waals surface area contributed by atoms with Crippen LogP contribution in [0.1, 0.15) is 16.1 Å². The molecule has 4 nitrogen and oxygen atoms in total. The molecule has 1 aromatic heterocycles. The lowest BCUT2D eigenvalue weighted by Gasteiger charge is -2.22. The quantitative estimate of drug-likeness (QED) is 0.661. The monoisotopic (exact) mass is 337 g/mol. The number of benzene rings is 2. The van der Waals surface area contributed by atoms with Crippen LogP contribution in [0.4, 0.5) is 5.69 Å². The first-order valence-corrected chi connectivity index (χ1v) is 7.80. The number of hydrogen-bond donors (Lipinski definition) is 0. The smallest absolute Gasteiger partial charge is 0.301 e. The Kier molecular flexibility index (Phi) is 5.03. The number of amides is 1. The molecule has 0 unspecified atom stereocenters. The Morgan fingerprint density at radius 3 is 2.25 bits per heavy atom. The van der Waals surface area contributed by atoms with Crippen molar-refractivity contribution in [1.82, 2.24) is 0 Å². The largest absolute Gasteiger partial charge is 0.465 e. The number of carbonyl (C=O) groups excluding carboxylic acids is 1. The predicted octanol–water partition coefficient (Wildman–Crippen LogP) is 4.43. The fourth-order valence-electron chi connectivity index (χ4n) is 2.18. The number of anilines is 1. The fourth-order valence-corrected chi connectivity index (χ4v) is 2.42. The Balaban J connectivity index is 1.81. The molecule has 0 saturated carbocycles. The highest BCUT2D eigenvalue weighted by molar-refractivity contribution is 7.80. The van der Waals surface area contributed by atoms with Gasteiger partial charge in [-0.2, -0.15) is 0 Å². The van der Waals surface area contributed by atoms with Crippen molar-refractivity contribution in [2.45, 2.75) is 6.61 Å². The van der Waals surface area contributed by atoms with Crippen LogP contribution in [0.25, 0.3) is 0 Å². The minimum absolute atomic E-state index is 0.0754. The number of nitrogens with zero attached hydrogens (tertiary/aromatic N) is 1. The summed E-state index contributed by atoms with van der Waals surface area (Å²) in [5, 5.41) is 0.0754. The molecule has 1 heterocycles. The first kappa shape index (κ1) is 16.0. The lowest BCUT2D eigenvalue weighted by atomic mass is 10.2. The number of thiocarbonyl (C=S) groups is 1. The van der Waals surface area contributed by atoms with Crippen molar-refractivity contribution < 1.29 is 13.9 Å². The molecule has 0 aliphatic rings. The molecule has 120 valence electrons. The van der Waals surface area contributed by atoms with Crippen LogP contribution in [0.2, 0.25) is 0 Å². The Bertz CT molecular complexity index is 801. The fraction of sp³-hybridized carbons (Fsp3) is 0.0526. The number of furan rings is 1. The van der Waals surface area contributed by atoms with E-state index in [2.05, 4.69) is 0 Å². The minimum atomic E-state index is -0.371. The first-order chi connectivity index (χ1) is 11.8. The molecular weight excluding hydrogens is 322 g/mol. The van der Waals surface area contributed by atoms with Crippen LogP contribution in [0, 0.1) is 0 Å². The van der Waals surface area contributed by atoms with Crippen LogP contribution in [-0.2, 0) is 11.3 Å². The molecule has 0 aliphatic heterocycles. The van der Waals surface area contributed by atoms with Gasteiger partial charge < -0.3 is 9.15 Å². The maximum atomic E-state index is 12.7. The van der Waals surface area contributed by atoms with E-state index >= 15 is 0 Å². The maximum Gasteiger partial charge on any atom is 0.301 e. The lowest BCUT2D eigenvalue weighted by molar-refractivity contribution is 0.0969. The standard InChI is InChI=1S/C19H15NO3S/c21-18(17-12-7-13-22-17)20(16-10-5-2-6-11-16)19(24)23-14-15-8-3-1-4-9-15/h1-13H,14H2. The topological polar surface area (TPSA) is 42.7 Å². The summed E-state index contributed by atoms with van der Waals surface area (Å²) in [6, 6.07) is 22.0. The highest BCUT2D eigenvalue weighted by atomic mass is 32.1. The second-order valence-electron chi connectivity index (χ2n) is 4.99. The van der Waals surface area contributed by atoms with Gasteiger partial charge in [0.1, 0.15) is 6.61 Å². The zero-order valence-electron chi connectivity index (χ0n) is 12.8. The van der Waals surface area contributed by atoms with Gasteiger partial charge in [-0.05, 0) is 42.0 Å². The van der Waals surface area contributed by atoms with Gasteiger partial charge in [-0.3, -0.25) is 4.79 Å². The molecule has 0 spiro atoms. The molecule has 3 aromatic rings. The molecule has 0 saturated heterocycles. The third-order valence-electron chi connectivity index (χ3n) is 3.34. The molecule has 0 radical (unpaired) electrons. The van der Waals surface area contributed by atoms with E-state index in [4.69, 9.17) is 21.4 Å². The molecule has 0 N–H and O–H groups in total. The van der Waals surface area contributed by atoms with Gasteiger partial charge in [-0.1, -0.05) is 48.5 Å². The van der Waals surface area contributed by atoms with E-state index < -0.39 is 0 Å². The molecule has 0 bridgehead atoms. The van der Waals surface area contributed by atoms with E-state index in [1.807, 2.05) is 48.5 Å². The second-order valence-corrected chi connectivity index (χ2v) is 5.34. The summed E-state index contributed by atoms with van der Waals surface area (Å²) in [4.78, 5) is 14.1. The minimum Gasteiger partial charge on any atom is -0.465 e. The molecule has 0 atom stereocenters. The summed E-state index contributed by atoms with van der Waals surface area (Å²) in [6.45, 7) is 0.286. The van der Waals surface area contributed by atoms with Crippen LogP contribution < -0.4 is 4.90 Å². The van der Waals surface area contributed by atoms with E-state index in [-0.39, 0.29) is 23.4 Å². The zero-order valence-corrected chi connectivity index (χ0v) is 13.6. The van der Waals surface area contributed by atoms with Crippen LogP contribution >= 0.6 is 12.2 Å². The van der Waals surface area contributed by atoms with E-state index in [9.17, 15) is 4.79 Å². The van der Waals surface area contributed by atoms with Crippen LogP contribution in [0.5, 0.6) is 0 Å². The maximum absolute atomic E-state index is 12.7. The summed E-state index contributed by atoms with van der Waals surface area (Å²) in [5.74, 6) is -0.172. The van der Waals surface area contributed by atoms with Crippen molar-refractivity contribution in [2.24, 2.45) is 0 Å². The van der Waals surface area contributed by atoms with Gasteiger partial charge in [0.05, 0.1) is 12.0 Å². The van der Waals surface area contributed by atoms with E-state index in [0.717, 1.165) is 5.56 Å². The average molecular weight is 337 g/mol. The van der Waals surface area contributed by atoms with E-state index in [0.29, 0.717) is 5.69 Å². The zero-order chi connectivity index (χ0) is 16.8. The Morgan fingerprint density at radius 1 is 0.958 bits per heavy atom. The Morgan fingerprint density at radius 2 is 1.62 bits per heavy atom. The SMILES string of the molecule is O=C(c1ccco1)N(C(=S)OCc1ccccc1)c1ccccc1. The summed E-state index contributed by atoms with van der Waals surface area (Å²) in [5.41, 5.74) is 1.59. The molecule has 0 aliphatic carbocycles. The van der Waals surface area contributed by atoms with Crippen molar-refractivity contribution in [3.63, 3.8) is 0 Å². The van der Waals surface area contributed by atoms with E-state index in [1.165, 1.54) is 11.2 Å². The summed E-state index contributed by atoms with van der Waals surface area (Å²) >= 11 is 5.35. The van der Waals surface area contributed by atoms with Crippen LogP contribution in [-0.4, -0.2) is 11.1 Å². The highest BCUT2D eigenvalue weighted by Gasteiger charge is 2.25. The van der Waals surface area contributed by atoms with Gasteiger partial charge >= 0.3 is 5.91 Å². The van der Waals surface area contributed by atoms with Crippen LogP contribution in [0.15, 0.2) is 83.5 Å². The molecule has 1 amide bonds. The summed E-state index contributed by atoms with van der Waals surface area (Å²) < 4.78 is 10.9. The lowest BCUT2D eigenvalue weighted by Crippen LogP contribution is -2.37. The number of ether oxygens (including phenoxy) is 1. The number of hydrogen-bond acceptors (Lipinski definition) is 4. The van der Waals surface area contributed by atoms with Gasteiger partial charge in [0.15, 0.2) is 5.76 Å². The third-order valence-corrected chi connectivity index (χ3v) is 3.64. The summed E-state index contributed by atoms with van der Waals surface area (Å²) in [6.07, 6.45) is 1.45. The molecule has 2 aromatic carbocycles. The van der Waals surface area contributed by atoms with Gasteiger partial charge in [-0.15, -0.1) is 0 Å². The highest BCUT2D eigenvalue weighted by Crippen LogP contribution is 2.19. The van der Waals surface area contributed by atoms with Crippen molar-refractivity contribution in [1.29, 1.82) is 0 Å². The van der Waals surface area contributed by atoms with Gasteiger partial charge in [0.25, 0.3) is 5.17 Å². The molecule has 3 rings (SSSR count). The Hall–Kier alpha value is -2.92. The van der Waals surface area contributed by atoms with Crippen molar-refractivity contribution >= 4 is 29.0 Å². The third kappa shape index (κ3) is 3.70. The van der Waals surface area contributed by atoms with Crippen LogP contribution in [0.3, 0.4) is 0 Å². The second kappa shape index (κ2) is 7.57. The van der Waals surface area contributed by atoms with Gasteiger partial charge in [0, 0.05) is 0 Å². The molecule has 0 fully saturated rings. The Labute approximate surface area is 145 Å². The number of rotatable bonds is 4. The van der Waals surface area contributed by atoms with Gasteiger partial charge in [-0.25, -0.2) is 4.90 Å². The molecular formula is C19H15NO3S. The first-order valence-electron chi connectivity index (χ1n) is 7.39. The number of para-hydroxylation sites is 1. The molecule has 5 heteroatoms. The molecule has 24 heavy (non-hydrogen) atoms. The number of carbonyl (C=O) groups is 1. The predicted molar refractivity (Wildman–Crippen MR) is 95.8 cm³/mol. The van der Waals surface area contributed by atoms with Crippen molar-refractivity contribution in [3.05, 3.63) is 90.4 Å². The normalized spacial score (nSPS) is 10.2. The van der Waals surface area contributed by atoms with Crippen molar-refractivity contribution in [3.8, 4) is 0 Å². The van der Waals surface area contributed by atoms with Crippen molar-refractivity contribution in [2.75, 3.05) is 4.90 Å². The summed E-state index contributed by atoms with van der Waals surface area (Å²) in [7, 11) is 0. The van der Waals surface area contributed by atoms with Gasteiger partial charge in [0.2, 0.25) is 0 Å².